The lowest BCUT2D eigenvalue weighted by molar-refractivity contribution is 0.121. The fraction of sp³-hybridized carbons (Fsp3) is 0.333. The molecule has 2 aliphatic rings. The van der Waals surface area contributed by atoms with Crippen molar-refractivity contribution in [1.29, 1.82) is 0 Å². The molecule has 0 radical (unpaired) electrons. The highest BCUT2D eigenvalue weighted by Crippen LogP contribution is 2.39. The van der Waals surface area contributed by atoms with E-state index in [9.17, 15) is 0 Å². The van der Waals surface area contributed by atoms with Crippen LogP contribution in [0, 0.1) is 0 Å². The van der Waals surface area contributed by atoms with Gasteiger partial charge in [-0.15, -0.1) is 10.2 Å². The third-order valence-electron chi connectivity index (χ3n) is 5.07. The van der Waals surface area contributed by atoms with Gasteiger partial charge in [-0.2, -0.15) is 0 Å². The van der Waals surface area contributed by atoms with Crippen molar-refractivity contribution in [3.05, 3.63) is 58.1 Å². The van der Waals surface area contributed by atoms with E-state index in [0.717, 1.165) is 58.0 Å². The first-order valence-corrected chi connectivity index (χ1v) is 11.6. The maximum atomic E-state index is 5.53. The van der Waals surface area contributed by atoms with Crippen LogP contribution in [0.25, 0.3) is 0 Å². The van der Waals surface area contributed by atoms with E-state index >= 15 is 0 Å². The third-order valence-corrected chi connectivity index (χ3v) is 6.83. The molecule has 156 valence electrons. The van der Waals surface area contributed by atoms with Gasteiger partial charge >= 0.3 is 0 Å². The number of rotatable bonds is 6. The van der Waals surface area contributed by atoms with Gasteiger partial charge < -0.3 is 19.1 Å². The summed E-state index contributed by atoms with van der Waals surface area (Å²) >= 11 is 5.32. The summed E-state index contributed by atoms with van der Waals surface area (Å²) < 4.78 is 19.7. The van der Waals surface area contributed by atoms with E-state index in [1.807, 2.05) is 18.2 Å². The number of hydrogen-bond acceptors (Lipinski definition) is 7. The molecule has 0 amide bonds. The van der Waals surface area contributed by atoms with Crippen LogP contribution in [0.2, 0.25) is 0 Å². The molecule has 0 aliphatic carbocycles. The maximum Gasteiger partial charge on any atom is 0.231 e. The molecule has 3 heterocycles. The molecule has 3 aromatic rings. The van der Waals surface area contributed by atoms with Gasteiger partial charge in [0.05, 0.1) is 19.8 Å². The van der Waals surface area contributed by atoms with Crippen LogP contribution in [0.15, 0.2) is 52.1 Å². The van der Waals surface area contributed by atoms with Gasteiger partial charge in [-0.1, -0.05) is 58.0 Å². The van der Waals surface area contributed by atoms with Crippen LogP contribution < -0.4 is 14.4 Å². The first-order chi connectivity index (χ1) is 14.8. The molecule has 30 heavy (non-hydrogen) atoms. The Hall–Kier alpha value is -2.23. The predicted molar refractivity (Wildman–Crippen MR) is 118 cm³/mol. The molecule has 2 aliphatic heterocycles. The van der Waals surface area contributed by atoms with E-state index in [2.05, 4.69) is 59.9 Å². The Morgan fingerprint density at radius 3 is 2.57 bits per heavy atom. The second-order valence-electron chi connectivity index (χ2n) is 7.04. The van der Waals surface area contributed by atoms with Gasteiger partial charge in [0, 0.05) is 23.3 Å². The molecule has 9 heteroatoms. The van der Waals surface area contributed by atoms with Crippen LogP contribution in [0.3, 0.4) is 0 Å². The molecule has 1 fully saturated rings. The molecule has 0 N–H and O–H groups in total. The molecule has 0 bridgehead atoms. The summed E-state index contributed by atoms with van der Waals surface area (Å²) in [4.78, 5) is 2.25. The lowest BCUT2D eigenvalue weighted by Gasteiger charge is -2.28. The molecule has 5 rings (SSSR count). The van der Waals surface area contributed by atoms with Gasteiger partial charge in [0.1, 0.15) is 0 Å². The summed E-state index contributed by atoms with van der Waals surface area (Å²) in [6.07, 6.45) is 0. The van der Waals surface area contributed by atoms with Gasteiger partial charge in [0.25, 0.3) is 0 Å². The van der Waals surface area contributed by atoms with E-state index in [1.54, 1.807) is 11.8 Å². The Bertz CT molecular complexity index is 1020. The Kier molecular flexibility index (Phi) is 5.83. The van der Waals surface area contributed by atoms with E-state index in [0.29, 0.717) is 13.2 Å². The van der Waals surface area contributed by atoms with Crippen molar-refractivity contribution < 1.29 is 14.2 Å². The number of ether oxygens (including phenoxy) is 3. The smallest absolute Gasteiger partial charge is 0.231 e. The lowest BCUT2D eigenvalue weighted by atomic mass is 10.2. The highest BCUT2D eigenvalue weighted by atomic mass is 79.9. The summed E-state index contributed by atoms with van der Waals surface area (Å²) in [5, 5.41) is 9.95. The molecule has 7 nitrogen and oxygen atoms in total. The number of thioether (sulfide) groups is 1. The van der Waals surface area contributed by atoms with Gasteiger partial charge in [0.15, 0.2) is 16.7 Å². The molecular formula is C21H21BrN4O3S. The SMILES string of the molecule is Brc1cc2c(cc1CSc1nnc(N3CCOCC3)n1Cc1ccccc1)OCO2. The fourth-order valence-electron chi connectivity index (χ4n) is 3.50. The maximum absolute atomic E-state index is 5.53. The number of benzene rings is 2. The van der Waals surface area contributed by atoms with Crippen molar-refractivity contribution in [3.8, 4) is 11.5 Å². The summed E-state index contributed by atoms with van der Waals surface area (Å²) in [6.45, 7) is 4.07. The highest BCUT2D eigenvalue weighted by Gasteiger charge is 2.22. The lowest BCUT2D eigenvalue weighted by Crippen LogP contribution is -2.38. The van der Waals surface area contributed by atoms with Crippen LogP contribution in [-0.2, 0) is 17.0 Å². The zero-order chi connectivity index (χ0) is 20.3. The van der Waals surface area contributed by atoms with Gasteiger partial charge in [-0.05, 0) is 23.3 Å². The minimum Gasteiger partial charge on any atom is -0.454 e. The summed E-state index contributed by atoms with van der Waals surface area (Å²) in [6, 6.07) is 14.4. The van der Waals surface area contributed by atoms with E-state index in [1.165, 1.54) is 5.56 Å². The Morgan fingerprint density at radius 2 is 1.77 bits per heavy atom. The predicted octanol–water partition coefficient (Wildman–Crippen LogP) is 3.95. The van der Waals surface area contributed by atoms with Gasteiger partial charge in [0.2, 0.25) is 12.7 Å². The van der Waals surface area contributed by atoms with Crippen LogP contribution >= 0.6 is 27.7 Å². The van der Waals surface area contributed by atoms with Crippen LogP contribution in [-0.4, -0.2) is 47.9 Å². The van der Waals surface area contributed by atoms with Gasteiger partial charge in [-0.3, -0.25) is 4.57 Å². The average Bonchev–Trinajstić information content (AvgIpc) is 3.40. The van der Waals surface area contributed by atoms with E-state index in [-0.39, 0.29) is 6.79 Å². The number of aromatic nitrogens is 3. The van der Waals surface area contributed by atoms with Crippen molar-refractivity contribution in [2.45, 2.75) is 17.5 Å². The molecule has 0 spiro atoms. The second-order valence-corrected chi connectivity index (χ2v) is 8.84. The standard InChI is InChI=1S/C21H21BrN4O3S/c22-17-11-19-18(28-14-29-19)10-16(17)13-30-21-24-23-20(25-6-8-27-9-7-25)26(21)12-15-4-2-1-3-5-15/h1-5,10-11H,6-9,12-14H2. The minimum absolute atomic E-state index is 0.271. The summed E-state index contributed by atoms with van der Waals surface area (Å²) in [7, 11) is 0. The molecule has 0 unspecified atom stereocenters. The fourth-order valence-corrected chi connectivity index (χ4v) is 5.07. The molecule has 0 saturated carbocycles. The molecule has 1 aromatic heterocycles. The zero-order valence-electron chi connectivity index (χ0n) is 16.3. The van der Waals surface area contributed by atoms with E-state index < -0.39 is 0 Å². The van der Waals surface area contributed by atoms with Crippen LogP contribution in [0.4, 0.5) is 5.95 Å². The largest absolute Gasteiger partial charge is 0.454 e. The summed E-state index contributed by atoms with van der Waals surface area (Å²) in [5.74, 6) is 3.20. The first-order valence-electron chi connectivity index (χ1n) is 9.78. The normalized spacial score (nSPS) is 15.6. The Balaban J connectivity index is 1.40. The monoisotopic (exact) mass is 488 g/mol. The number of fused-ring (bicyclic) bond motifs is 1. The first kappa shape index (κ1) is 19.7. The number of halogens is 1. The zero-order valence-corrected chi connectivity index (χ0v) is 18.7. The number of anilines is 1. The average molecular weight is 489 g/mol. The van der Waals surface area contributed by atoms with Crippen molar-refractivity contribution in [2.24, 2.45) is 0 Å². The Labute approximate surface area is 187 Å². The van der Waals surface area contributed by atoms with Crippen molar-refractivity contribution in [2.75, 3.05) is 38.0 Å². The van der Waals surface area contributed by atoms with E-state index in [4.69, 9.17) is 14.2 Å². The topological polar surface area (TPSA) is 61.6 Å². The molecule has 0 atom stereocenters. The van der Waals surface area contributed by atoms with Crippen molar-refractivity contribution >= 4 is 33.6 Å². The Morgan fingerprint density at radius 1 is 1.00 bits per heavy atom. The second kappa shape index (κ2) is 8.87. The number of hydrogen-bond donors (Lipinski definition) is 0. The van der Waals surface area contributed by atoms with Crippen molar-refractivity contribution in [3.63, 3.8) is 0 Å². The summed E-state index contributed by atoms with van der Waals surface area (Å²) in [5.41, 5.74) is 2.35. The molecular weight excluding hydrogens is 468 g/mol. The molecule has 1 saturated heterocycles. The van der Waals surface area contributed by atoms with Crippen LogP contribution in [0.5, 0.6) is 11.5 Å². The highest BCUT2D eigenvalue weighted by molar-refractivity contribution is 9.10. The quantitative estimate of drug-likeness (QED) is 0.486. The third kappa shape index (κ3) is 4.14. The molecule has 2 aromatic carbocycles. The van der Waals surface area contributed by atoms with Gasteiger partial charge in [-0.25, -0.2) is 0 Å². The number of nitrogens with zero attached hydrogens (tertiary/aromatic N) is 4. The van der Waals surface area contributed by atoms with Crippen LogP contribution in [0.1, 0.15) is 11.1 Å². The minimum atomic E-state index is 0.271. The van der Waals surface area contributed by atoms with Crippen molar-refractivity contribution in [1.82, 2.24) is 14.8 Å². The number of morpholine rings is 1.